The van der Waals surface area contributed by atoms with E-state index in [0.717, 1.165) is 19.3 Å². The van der Waals surface area contributed by atoms with Crippen LogP contribution in [0.1, 0.15) is 26.2 Å². The number of carbonyl (C=O) groups is 3. The number of hydrogen-bond donors (Lipinski definition) is 2. The van der Waals surface area contributed by atoms with Crippen LogP contribution < -0.4 is 10.6 Å². The van der Waals surface area contributed by atoms with Gasteiger partial charge >= 0.3 is 18.2 Å². The van der Waals surface area contributed by atoms with Gasteiger partial charge in [-0.3, -0.25) is 0 Å². The molecule has 0 bridgehead atoms. The van der Waals surface area contributed by atoms with Crippen LogP contribution >= 0.6 is 0 Å². The zero-order valence-corrected chi connectivity index (χ0v) is 13.5. The number of amides is 2. The summed E-state index contributed by atoms with van der Waals surface area (Å²) >= 11 is 0. The molecule has 1 heterocycles. The van der Waals surface area contributed by atoms with Gasteiger partial charge < -0.3 is 29.6 Å². The minimum atomic E-state index is -0.839. The fraction of sp³-hybridized carbons (Fsp3) is 0.667. The molecule has 9 heteroatoms. The van der Waals surface area contributed by atoms with E-state index in [1.807, 2.05) is 0 Å². The molecule has 0 aromatic rings. The Morgan fingerprint density at radius 3 is 2.46 bits per heavy atom. The Morgan fingerprint density at radius 2 is 1.79 bits per heavy atom. The minimum absolute atomic E-state index is 0.162. The van der Waals surface area contributed by atoms with E-state index in [0.29, 0.717) is 24.7 Å². The maximum Gasteiger partial charge on any atom is 0.411 e. The van der Waals surface area contributed by atoms with E-state index < -0.39 is 24.9 Å². The largest absolute Gasteiger partial charge is 0.449 e. The summed E-state index contributed by atoms with van der Waals surface area (Å²) in [6.45, 7) is 4.49. The second-order valence-corrected chi connectivity index (χ2v) is 5.78. The molecule has 1 aliphatic heterocycles. The van der Waals surface area contributed by atoms with Crippen LogP contribution in [0.15, 0.2) is 12.2 Å². The molecule has 0 aromatic carbocycles. The average molecular weight is 342 g/mol. The van der Waals surface area contributed by atoms with Gasteiger partial charge in [-0.1, -0.05) is 6.58 Å². The fourth-order valence-electron chi connectivity index (χ4n) is 2.38. The number of fused-ring (bicyclic) bond motifs is 1. The molecule has 1 aliphatic carbocycles. The number of carbonyl (C=O) groups excluding carboxylic acids is 3. The van der Waals surface area contributed by atoms with Gasteiger partial charge in [0, 0.05) is 5.57 Å². The van der Waals surface area contributed by atoms with Crippen molar-refractivity contribution < 1.29 is 33.3 Å². The van der Waals surface area contributed by atoms with E-state index in [9.17, 15) is 14.4 Å². The maximum absolute atomic E-state index is 11.5. The molecule has 1 saturated carbocycles. The molecule has 0 aromatic heterocycles. The lowest BCUT2D eigenvalue weighted by Crippen LogP contribution is -2.38. The Labute approximate surface area is 139 Å². The van der Waals surface area contributed by atoms with E-state index in [2.05, 4.69) is 26.7 Å². The predicted molar refractivity (Wildman–Crippen MR) is 80.7 cm³/mol. The summed E-state index contributed by atoms with van der Waals surface area (Å²) in [6.07, 6.45) is 2.22. The lowest BCUT2D eigenvalue weighted by Gasteiger charge is -2.18. The molecule has 2 aliphatic rings. The number of hydrogen-bond acceptors (Lipinski definition) is 7. The molecular weight excluding hydrogens is 320 g/mol. The van der Waals surface area contributed by atoms with Crippen molar-refractivity contribution in [2.24, 2.45) is 5.92 Å². The molecule has 24 heavy (non-hydrogen) atoms. The minimum Gasteiger partial charge on any atom is -0.449 e. The predicted octanol–water partition coefficient (Wildman–Crippen LogP) is 1.04. The van der Waals surface area contributed by atoms with Gasteiger partial charge in [0.1, 0.15) is 0 Å². The molecule has 1 saturated heterocycles. The highest BCUT2D eigenvalue weighted by molar-refractivity contribution is 5.86. The van der Waals surface area contributed by atoms with E-state index in [-0.39, 0.29) is 12.2 Å². The maximum atomic E-state index is 11.5. The Hall–Kier alpha value is -2.29. The van der Waals surface area contributed by atoms with E-state index in [1.54, 1.807) is 0 Å². The highest BCUT2D eigenvalue weighted by Gasteiger charge is 2.43. The van der Waals surface area contributed by atoms with Gasteiger partial charge in [-0.2, -0.15) is 0 Å². The third-order valence-corrected chi connectivity index (χ3v) is 3.76. The van der Waals surface area contributed by atoms with Crippen molar-refractivity contribution in [3.8, 4) is 0 Å². The quantitative estimate of drug-likeness (QED) is 0.307. The molecule has 3 unspecified atom stereocenters. The fourth-order valence-corrected chi connectivity index (χ4v) is 2.38. The zero-order valence-electron chi connectivity index (χ0n) is 13.5. The standard InChI is InChI=1S/C15H22N2O7/c1-9(2)13(18)22-8-23-15(20)17-7-16-14(19)21-6-10-3-4-11-12(5-10)24-11/h10-12H,1,3-8H2,2H3,(H,16,19)(H,17,20). The van der Waals surface area contributed by atoms with Crippen molar-refractivity contribution in [3.63, 3.8) is 0 Å². The van der Waals surface area contributed by atoms with Crippen LogP contribution in [-0.2, 0) is 23.7 Å². The van der Waals surface area contributed by atoms with Gasteiger partial charge in [-0.15, -0.1) is 0 Å². The van der Waals surface area contributed by atoms with Crippen LogP contribution in [0.3, 0.4) is 0 Å². The number of esters is 1. The van der Waals surface area contributed by atoms with Gasteiger partial charge in [-0.25, -0.2) is 14.4 Å². The normalized spacial score (nSPS) is 24.1. The lowest BCUT2D eigenvalue weighted by atomic mass is 9.90. The number of ether oxygens (including phenoxy) is 4. The Bertz CT molecular complexity index is 508. The summed E-state index contributed by atoms with van der Waals surface area (Å²) in [5.41, 5.74) is 0.199. The van der Waals surface area contributed by atoms with E-state index in [4.69, 9.17) is 9.47 Å². The van der Waals surface area contributed by atoms with Crippen LogP contribution in [0, 0.1) is 5.92 Å². The molecule has 0 radical (unpaired) electrons. The second-order valence-electron chi connectivity index (χ2n) is 5.78. The summed E-state index contributed by atoms with van der Waals surface area (Å²) in [5, 5.41) is 4.63. The highest BCUT2D eigenvalue weighted by Crippen LogP contribution is 2.39. The smallest absolute Gasteiger partial charge is 0.411 e. The van der Waals surface area contributed by atoms with Crippen molar-refractivity contribution in [1.29, 1.82) is 0 Å². The molecule has 2 rings (SSSR count). The zero-order chi connectivity index (χ0) is 17.5. The molecule has 0 spiro atoms. The summed E-state index contributed by atoms with van der Waals surface area (Å²) in [5.74, 6) is -0.337. The summed E-state index contributed by atoms with van der Waals surface area (Å²) in [7, 11) is 0. The van der Waals surface area contributed by atoms with Gasteiger partial charge in [0.15, 0.2) is 0 Å². The molecular formula is C15H22N2O7. The summed E-state index contributed by atoms with van der Waals surface area (Å²) in [4.78, 5) is 33.8. The van der Waals surface area contributed by atoms with Crippen LogP contribution in [0.5, 0.6) is 0 Å². The molecule has 2 fully saturated rings. The van der Waals surface area contributed by atoms with Crippen molar-refractivity contribution in [1.82, 2.24) is 10.6 Å². The van der Waals surface area contributed by atoms with Crippen LogP contribution in [0.4, 0.5) is 9.59 Å². The third-order valence-electron chi connectivity index (χ3n) is 3.76. The Balaban J connectivity index is 1.47. The lowest BCUT2D eigenvalue weighted by molar-refractivity contribution is -0.146. The average Bonchev–Trinajstić information content (AvgIpc) is 3.31. The van der Waals surface area contributed by atoms with Crippen LogP contribution in [0.25, 0.3) is 0 Å². The molecule has 9 nitrogen and oxygen atoms in total. The first-order chi connectivity index (χ1) is 11.5. The molecule has 2 N–H and O–H groups in total. The first kappa shape index (κ1) is 18.1. The second kappa shape index (κ2) is 8.53. The highest BCUT2D eigenvalue weighted by atomic mass is 16.7. The molecule has 134 valence electrons. The van der Waals surface area contributed by atoms with E-state index >= 15 is 0 Å². The number of alkyl carbamates (subject to hydrolysis) is 2. The summed E-state index contributed by atoms with van der Waals surface area (Å²) in [6, 6.07) is 0. The number of rotatable bonds is 7. The van der Waals surface area contributed by atoms with Crippen LogP contribution in [-0.4, -0.2) is 50.4 Å². The summed E-state index contributed by atoms with van der Waals surface area (Å²) < 4.78 is 19.7. The first-order valence-electron chi connectivity index (χ1n) is 7.75. The molecule has 2 amide bonds. The van der Waals surface area contributed by atoms with Crippen molar-refractivity contribution in [3.05, 3.63) is 12.2 Å². The van der Waals surface area contributed by atoms with Crippen molar-refractivity contribution >= 4 is 18.2 Å². The van der Waals surface area contributed by atoms with Gasteiger partial charge in [0.05, 0.1) is 25.5 Å². The van der Waals surface area contributed by atoms with Gasteiger partial charge in [-0.05, 0) is 32.1 Å². The number of nitrogens with one attached hydrogen (secondary N) is 2. The van der Waals surface area contributed by atoms with Crippen LogP contribution in [0.2, 0.25) is 0 Å². The van der Waals surface area contributed by atoms with Gasteiger partial charge in [0.2, 0.25) is 6.79 Å². The van der Waals surface area contributed by atoms with E-state index in [1.165, 1.54) is 6.92 Å². The third kappa shape index (κ3) is 6.07. The Kier molecular flexibility index (Phi) is 6.42. The monoisotopic (exact) mass is 342 g/mol. The van der Waals surface area contributed by atoms with Crippen molar-refractivity contribution in [2.45, 2.75) is 38.4 Å². The topological polar surface area (TPSA) is 115 Å². The molecule has 3 atom stereocenters. The Morgan fingerprint density at radius 1 is 1.08 bits per heavy atom. The van der Waals surface area contributed by atoms with Crippen molar-refractivity contribution in [2.75, 3.05) is 20.1 Å². The van der Waals surface area contributed by atoms with Gasteiger partial charge in [0.25, 0.3) is 0 Å². The first-order valence-corrected chi connectivity index (χ1v) is 7.75. The SMILES string of the molecule is C=C(C)C(=O)OCOC(=O)NCNC(=O)OCC1CCC2OC2C1. The number of epoxide rings is 1.